The minimum Gasteiger partial charge on any atom is -0.310 e. The Morgan fingerprint density at radius 3 is 1.08 bits per heavy atom. The number of aromatic nitrogens is 3. The summed E-state index contributed by atoms with van der Waals surface area (Å²) in [5.41, 5.74) is 36.9. The number of para-hydroxylation sites is 8. The minimum absolute atomic E-state index is 0.115. The Labute approximate surface area is 698 Å². The second-order valence-electron chi connectivity index (χ2n) is 32.8. The van der Waals surface area contributed by atoms with E-state index >= 15 is 0 Å². The van der Waals surface area contributed by atoms with Gasteiger partial charge in [-0.1, -0.05) is 353 Å². The van der Waals surface area contributed by atoms with Crippen molar-refractivity contribution in [2.75, 3.05) is 4.90 Å². The number of rotatable bonds is 7. The summed E-state index contributed by atoms with van der Waals surface area (Å²) < 4.78 is 7.43. The molecule has 5 aliphatic rings. The summed E-state index contributed by atoms with van der Waals surface area (Å²) in [4.78, 5) is 7.65. The fourth-order valence-electron chi connectivity index (χ4n) is 21.6. The normalized spacial score (nSPS) is 15.7. The molecule has 6 heteroatoms. The third-order valence-electron chi connectivity index (χ3n) is 26.7. The molecule has 558 valence electrons. The van der Waals surface area contributed by atoms with E-state index in [1.807, 2.05) is 23.5 Å². The molecule has 0 saturated carbocycles. The molecule has 0 bridgehead atoms. The maximum atomic E-state index is 2.52. The molecule has 4 nitrogen and oxygen atoms in total. The van der Waals surface area contributed by atoms with Crippen LogP contribution < -0.4 is 4.90 Å². The van der Waals surface area contributed by atoms with Crippen LogP contribution >= 0.6 is 23.5 Å². The van der Waals surface area contributed by atoms with Gasteiger partial charge in [-0.25, -0.2) is 0 Å². The third kappa shape index (κ3) is 9.55. The van der Waals surface area contributed by atoms with Gasteiger partial charge in [-0.05, 0) is 197 Å². The molecule has 3 aromatic heterocycles. The quantitative estimate of drug-likeness (QED) is 0.158. The molecular weight excluding hydrogens is 1480 g/mol. The van der Waals surface area contributed by atoms with Gasteiger partial charge >= 0.3 is 0 Å². The first kappa shape index (κ1) is 68.1. The summed E-state index contributed by atoms with van der Waals surface area (Å²) in [6, 6.07) is 154. The zero-order chi connectivity index (χ0) is 78.4. The fraction of sp³-hybridized carbons (Fsp3) is 0.0442. The Kier molecular flexibility index (Phi) is 14.8. The van der Waals surface area contributed by atoms with Crippen LogP contribution in [0.15, 0.2) is 432 Å². The second kappa shape index (κ2) is 25.9. The van der Waals surface area contributed by atoms with Gasteiger partial charge in [-0.2, -0.15) is 0 Å². The average molecular weight is 1550 g/mol. The predicted octanol–water partition coefficient (Wildman–Crippen LogP) is 29.8. The van der Waals surface area contributed by atoms with Gasteiger partial charge in [0.15, 0.2) is 0 Å². The first-order valence-corrected chi connectivity index (χ1v) is 42.9. The van der Waals surface area contributed by atoms with Crippen LogP contribution in [0.2, 0.25) is 0 Å². The summed E-state index contributed by atoms with van der Waals surface area (Å²) >= 11 is 3.83. The molecule has 0 saturated heterocycles. The van der Waals surface area contributed by atoms with E-state index in [4.69, 9.17) is 0 Å². The maximum absolute atomic E-state index is 2.52. The summed E-state index contributed by atoms with van der Waals surface area (Å²) in [6.07, 6.45) is 0. The second-order valence-corrected chi connectivity index (χ2v) is 34.9. The van der Waals surface area contributed by atoms with Crippen LogP contribution in [0, 0.1) is 0 Å². The van der Waals surface area contributed by atoms with Crippen molar-refractivity contribution >= 4 is 106 Å². The van der Waals surface area contributed by atoms with Gasteiger partial charge < -0.3 is 18.6 Å². The molecule has 4 aliphatic heterocycles. The molecule has 2 atom stereocenters. The summed E-state index contributed by atoms with van der Waals surface area (Å²) in [5.74, 6) is 0. The Balaban J connectivity index is 0.000000136. The molecule has 7 heterocycles. The largest absolute Gasteiger partial charge is 0.310 e. The lowest BCUT2D eigenvalue weighted by Gasteiger charge is -2.45. The number of fused-ring (bicyclic) bond motifs is 28. The number of nitrogens with zero attached hydrogens (tertiary/aromatic N) is 4. The van der Waals surface area contributed by atoms with Crippen molar-refractivity contribution in [2.24, 2.45) is 0 Å². The molecule has 0 fully saturated rings. The Hall–Kier alpha value is -14.1. The van der Waals surface area contributed by atoms with Gasteiger partial charge in [0, 0.05) is 80.1 Å². The van der Waals surface area contributed by atoms with E-state index in [-0.39, 0.29) is 5.41 Å². The van der Waals surface area contributed by atoms with Crippen LogP contribution in [0.4, 0.5) is 17.1 Å². The fourth-order valence-corrected chi connectivity index (χ4v) is 24.3. The monoisotopic (exact) mass is 1550 g/mol. The molecule has 2 spiro atoms. The maximum Gasteiger partial charge on any atom is 0.0764 e. The van der Waals surface area contributed by atoms with Crippen LogP contribution in [0.5, 0.6) is 0 Å². The van der Waals surface area contributed by atoms with Gasteiger partial charge in [-0.15, -0.1) is 0 Å². The molecule has 119 heavy (non-hydrogen) atoms. The van der Waals surface area contributed by atoms with Crippen molar-refractivity contribution in [3.63, 3.8) is 0 Å². The van der Waals surface area contributed by atoms with E-state index in [9.17, 15) is 0 Å². The number of anilines is 3. The number of hydrogen-bond donors (Lipinski definition) is 0. The van der Waals surface area contributed by atoms with Gasteiger partial charge in [0.2, 0.25) is 0 Å². The van der Waals surface area contributed by atoms with Crippen molar-refractivity contribution in [2.45, 2.75) is 49.7 Å². The molecule has 0 amide bonds. The van der Waals surface area contributed by atoms with E-state index in [2.05, 4.69) is 445 Å². The van der Waals surface area contributed by atoms with E-state index in [0.29, 0.717) is 0 Å². The van der Waals surface area contributed by atoms with E-state index in [1.54, 1.807) is 0 Å². The molecule has 2 unspecified atom stereocenters. The highest BCUT2D eigenvalue weighted by atomic mass is 32.2. The lowest BCUT2D eigenvalue weighted by Crippen LogP contribution is -2.37. The molecule has 18 aromatic carbocycles. The van der Waals surface area contributed by atoms with Crippen molar-refractivity contribution in [1.29, 1.82) is 0 Å². The SMILES string of the molecule is CC1(C)c2ccccc2-c2ccc(N(c3ccc(-c4ccccc4)cc3)c3ccc(-c4cccc5c4Sc4ccccc4C54c5ccccc5-n5c6ccccc6c6cccc4c65)cc3)cc21.c1ccc2c(c1)Sc1c(-c3ccc(-n4c5ccccc5c5ccccc54)cc3)cccc1C21c2ccccc2-n2c3ccccc3c3cccc1c32. The van der Waals surface area contributed by atoms with Gasteiger partial charge in [0.25, 0.3) is 0 Å². The first-order valence-electron chi connectivity index (χ1n) is 41.3. The van der Waals surface area contributed by atoms with Crippen molar-refractivity contribution in [3.05, 3.63) is 468 Å². The molecule has 26 rings (SSSR count). The lowest BCUT2D eigenvalue weighted by atomic mass is 9.62. The van der Waals surface area contributed by atoms with Crippen molar-refractivity contribution in [3.8, 4) is 61.6 Å². The van der Waals surface area contributed by atoms with Crippen LogP contribution in [-0.2, 0) is 16.2 Å². The summed E-state index contributed by atoms with van der Waals surface area (Å²) in [7, 11) is 0. The highest BCUT2D eigenvalue weighted by Gasteiger charge is 2.52. The van der Waals surface area contributed by atoms with Crippen LogP contribution in [0.1, 0.15) is 69.5 Å². The van der Waals surface area contributed by atoms with E-state index in [0.717, 1.165) is 17.1 Å². The molecule has 0 N–H and O–H groups in total. The van der Waals surface area contributed by atoms with Crippen LogP contribution in [-0.4, -0.2) is 13.7 Å². The van der Waals surface area contributed by atoms with Gasteiger partial charge in [-0.3, -0.25) is 0 Å². The Bertz CT molecular complexity index is 7780. The molecule has 0 radical (unpaired) electrons. The number of benzene rings is 18. The molecule has 1 aliphatic carbocycles. The highest BCUT2D eigenvalue weighted by Crippen LogP contribution is 2.65. The predicted molar refractivity (Wildman–Crippen MR) is 496 cm³/mol. The average Bonchev–Trinajstić information content (AvgIpc) is 1.63. The lowest BCUT2D eigenvalue weighted by molar-refractivity contribution is 0.660. The van der Waals surface area contributed by atoms with Gasteiger partial charge in [0.05, 0.1) is 55.3 Å². The van der Waals surface area contributed by atoms with E-state index < -0.39 is 10.8 Å². The van der Waals surface area contributed by atoms with Crippen molar-refractivity contribution in [1.82, 2.24) is 13.7 Å². The van der Waals surface area contributed by atoms with Crippen LogP contribution in [0.25, 0.3) is 127 Å². The smallest absolute Gasteiger partial charge is 0.0764 e. The molecular formula is C113H74N4S2. The highest BCUT2D eigenvalue weighted by molar-refractivity contribution is 8.00. The number of hydrogen-bond acceptors (Lipinski definition) is 3. The third-order valence-corrected chi connectivity index (χ3v) is 29.1. The van der Waals surface area contributed by atoms with Crippen LogP contribution in [0.3, 0.4) is 0 Å². The Morgan fingerprint density at radius 2 is 0.571 bits per heavy atom. The first-order chi connectivity index (χ1) is 58.8. The van der Waals surface area contributed by atoms with Gasteiger partial charge in [0.1, 0.15) is 0 Å². The zero-order valence-electron chi connectivity index (χ0n) is 65.4. The Morgan fingerprint density at radius 1 is 0.227 bits per heavy atom. The topological polar surface area (TPSA) is 18.0 Å². The zero-order valence-corrected chi connectivity index (χ0v) is 67.0. The van der Waals surface area contributed by atoms with Crippen molar-refractivity contribution < 1.29 is 0 Å². The minimum atomic E-state index is -0.530. The summed E-state index contributed by atoms with van der Waals surface area (Å²) in [6.45, 7) is 4.73. The standard InChI is InChI=1S/C64H44N2S.C49H30N2S/c1-63(2)52-22-8-6-18-48(52)49-39-38-46(40-57(49)63)65(44-34-30-42(31-35-44)41-16-4-3-5-17-41)45-36-32-43(33-37-45)47-20-14-26-56-62(47)67-60-29-13-10-24-54(60)64(56)53-23-9-12-28-59(53)66-58-27-11-7-19-50(58)51-21-15-25-55(64)61(51)66;1-6-22-42-34(13-1)35-14-2-7-23-43(35)50(42)32-29-27-31(28-30-32)33-16-11-21-41-48(33)52-46-26-10-5-19-39(46)49(41)38-18-4-9-25-45(38)51-44-24-8-3-15-36(44)37-17-12-20-40(49)47(37)51/h3-40H,1-2H3;1-30H. The molecule has 21 aromatic rings. The van der Waals surface area contributed by atoms with E-state index in [1.165, 1.54) is 202 Å². The summed E-state index contributed by atoms with van der Waals surface area (Å²) in [5, 5.41) is 7.73.